The Labute approximate surface area is 245 Å². The third kappa shape index (κ3) is 5.11. The summed E-state index contributed by atoms with van der Waals surface area (Å²) in [5.74, 6) is 2.14. The number of hydrogen-bond donors (Lipinski definition) is 3. The van der Waals surface area contributed by atoms with Crippen LogP contribution >= 0.6 is 11.3 Å². The predicted octanol–water partition coefficient (Wildman–Crippen LogP) is 6.54. The molecule has 3 N–H and O–H groups in total. The van der Waals surface area contributed by atoms with Crippen LogP contribution in [0.1, 0.15) is 49.7 Å². The van der Waals surface area contributed by atoms with Crippen LogP contribution in [0.4, 0.5) is 28.8 Å². The average Bonchev–Trinajstić information content (AvgIpc) is 3.32. The van der Waals surface area contributed by atoms with Gasteiger partial charge in [-0.05, 0) is 99.3 Å². The number of thiophene rings is 1. The number of aryl methyl sites for hydroxylation is 1. The van der Waals surface area contributed by atoms with Crippen molar-refractivity contribution >= 4 is 50.4 Å². The molecule has 214 valence electrons. The van der Waals surface area contributed by atoms with Crippen molar-refractivity contribution in [3.05, 3.63) is 59.0 Å². The van der Waals surface area contributed by atoms with Crippen molar-refractivity contribution in [1.29, 1.82) is 0 Å². The largest absolute Gasteiger partial charge is 0.495 e. The molecule has 0 amide bonds. The lowest BCUT2D eigenvalue weighted by atomic mass is 9.75. The maximum atomic E-state index is 10.9. The monoisotopic (exact) mass is 570 g/mol. The number of benzene rings is 2. The van der Waals surface area contributed by atoms with Gasteiger partial charge in [0.25, 0.3) is 0 Å². The van der Waals surface area contributed by atoms with Crippen LogP contribution < -0.4 is 20.3 Å². The number of aliphatic hydroxyl groups is 1. The SMILES string of the molecule is COc1cc(Nc2nc(Nc3cccc(C4(O)CCC4)c3)c3c(C)csc3n2)ccc1N1CCC(N2CCC2)CC1. The molecular formula is C32H38N6O2S. The first-order chi connectivity index (χ1) is 20.0. The lowest BCUT2D eigenvalue weighted by Crippen LogP contribution is -2.50. The number of methoxy groups -OCH3 is 1. The Hall–Kier alpha value is -3.40. The number of nitrogens with zero attached hydrogens (tertiary/aromatic N) is 4. The number of piperidine rings is 1. The first-order valence-corrected chi connectivity index (χ1v) is 15.7. The molecule has 3 fully saturated rings. The Morgan fingerprint density at radius 1 is 0.976 bits per heavy atom. The van der Waals surface area contributed by atoms with Gasteiger partial charge < -0.3 is 30.3 Å². The van der Waals surface area contributed by atoms with E-state index < -0.39 is 5.60 Å². The number of anilines is 5. The van der Waals surface area contributed by atoms with Crippen molar-refractivity contribution in [2.75, 3.05) is 48.8 Å². The average molecular weight is 571 g/mol. The number of rotatable bonds is 8. The van der Waals surface area contributed by atoms with Crippen molar-refractivity contribution in [2.45, 2.75) is 57.1 Å². The summed E-state index contributed by atoms with van der Waals surface area (Å²) in [4.78, 5) is 15.8. The number of fused-ring (bicyclic) bond motifs is 1. The molecule has 2 aliphatic heterocycles. The molecule has 7 rings (SSSR count). The molecular weight excluding hydrogens is 532 g/mol. The first-order valence-electron chi connectivity index (χ1n) is 14.8. The van der Waals surface area contributed by atoms with Crippen molar-refractivity contribution < 1.29 is 9.84 Å². The third-order valence-corrected chi connectivity index (χ3v) is 10.1. The fourth-order valence-corrected chi connectivity index (χ4v) is 7.30. The highest BCUT2D eigenvalue weighted by atomic mass is 32.1. The molecule has 0 bridgehead atoms. The predicted molar refractivity (Wildman–Crippen MR) is 167 cm³/mol. The smallest absolute Gasteiger partial charge is 0.230 e. The minimum atomic E-state index is -0.709. The molecule has 0 spiro atoms. The molecule has 3 aliphatic rings. The quantitative estimate of drug-likeness (QED) is 0.220. The van der Waals surface area contributed by atoms with Crippen LogP contribution in [-0.4, -0.2) is 59.3 Å². The summed E-state index contributed by atoms with van der Waals surface area (Å²) in [7, 11) is 1.74. The normalized spacial score (nSPS) is 19.0. The number of ether oxygens (including phenoxy) is 1. The second-order valence-corrected chi connectivity index (χ2v) is 12.6. The topological polar surface area (TPSA) is 85.8 Å². The van der Waals surface area contributed by atoms with E-state index in [4.69, 9.17) is 14.7 Å². The van der Waals surface area contributed by atoms with Crippen molar-refractivity contribution in [2.24, 2.45) is 0 Å². The van der Waals surface area contributed by atoms with Gasteiger partial charge in [-0.15, -0.1) is 11.3 Å². The highest BCUT2D eigenvalue weighted by Gasteiger charge is 2.36. The molecule has 0 radical (unpaired) electrons. The molecule has 9 heteroatoms. The van der Waals surface area contributed by atoms with E-state index in [1.165, 1.54) is 32.4 Å². The Morgan fingerprint density at radius 3 is 2.49 bits per heavy atom. The van der Waals surface area contributed by atoms with E-state index in [-0.39, 0.29) is 0 Å². The van der Waals surface area contributed by atoms with Crippen LogP contribution in [0.25, 0.3) is 10.2 Å². The second kappa shape index (κ2) is 10.8. The van der Waals surface area contributed by atoms with Crippen LogP contribution in [0.15, 0.2) is 47.8 Å². The lowest BCUT2D eigenvalue weighted by molar-refractivity contribution is -0.0387. The summed E-state index contributed by atoms with van der Waals surface area (Å²) in [6.45, 7) is 6.72. The second-order valence-electron chi connectivity index (χ2n) is 11.7. The molecule has 2 saturated heterocycles. The van der Waals surface area contributed by atoms with Crippen LogP contribution in [0.3, 0.4) is 0 Å². The van der Waals surface area contributed by atoms with Gasteiger partial charge in [0.2, 0.25) is 5.95 Å². The Bertz CT molecular complexity index is 1560. The molecule has 0 atom stereocenters. The third-order valence-electron chi connectivity index (χ3n) is 9.11. The number of likely N-dealkylation sites (tertiary alicyclic amines) is 1. The number of nitrogens with one attached hydrogen (secondary N) is 2. The van der Waals surface area contributed by atoms with Gasteiger partial charge in [0.1, 0.15) is 16.4 Å². The molecule has 2 aromatic carbocycles. The summed E-state index contributed by atoms with van der Waals surface area (Å²) in [6, 6.07) is 15.1. The lowest BCUT2D eigenvalue weighted by Gasteiger charge is -2.43. The van der Waals surface area contributed by atoms with Crippen molar-refractivity contribution in [3.63, 3.8) is 0 Å². The van der Waals surface area contributed by atoms with Gasteiger partial charge >= 0.3 is 0 Å². The van der Waals surface area contributed by atoms with E-state index in [0.717, 1.165) is 88.4 Å². The van der Waals surface area contributed by atoms with Crippen LogP contribution in [0.5, 0.6) is 5.75 Å². The minimum Gasteiger partial charge on any atom is -0.495 e. The standard InChI is InChI=1S/C32H38N6O2S/c1-21-20-41-30-28(21)29(33-23-7-3-6-22(18-23)32(39)12-4-13-32)35-31(36-30)34-24-8-9-26(27(19-24)40-2)38-16-10-25(11-17-38)37-14-5-15-37/h3,6-9,18-20,25,39H,4-5,10-17H2,1-2H3,(H2,33,34,35,36). The highest BCUT2D eigenvalue weighted by Crippen LogP contribution is 2.42. The van der Waals surface area contributed by atoms with Gasteiger partial charge in [0.05, 0.1) is 23.8 Å². The summed E-state index contributed by atoms with van der Waals surface area (Å²) in [5, 5.41) is 21.0. The van der Waals surface area contributed by atoms with Gasteiger partial charge in [-0.2, -0.15) is 4.98 Å². The van der Waals surface area contributed by atoms with E-state index in [0.29, 0.717) is 5.95 Å². The van der Waals surface area contributed by atoms with E-state index in [9.17, 15) is 5.11 Å². The van der Waals surface area contributed by atoms with Crippen LogP contribution in [0, 0.1) is 6.92 Å². The summed E-state index contributed by atoms with van der Waals surface area (Å²) >= 11 is 1.61. The molecule has 4 aromatic rings. The van der Waals surface area contributed by atoms with E-state index in [1.54, 1.807) is 18.4 Å². The Balaban J connectivity index is 1.12. The van der Waals surface area contributed by atoms with E-state index in [2.05, 4.69) is 44.9 Å². The molecule has 4 heterocycles. The molecule has 41 heavy (non-hydrogen) atoms. The molecule has 1 aliphatic carbocycles. The number of hydrogen-bond acceptors (Lipinski definition) is 9. The fraction of sp³-hybridized carbons (Fsp3) is 0.438. The molecule has 1 saturated carbocycles. The van der Waals surface area contributed by atoms with E-state index in [1.807, 2.05) is 30.3 Å². The van der Waals surface area contributed by atoms with Crippen LogP contribution in [-0.2, 0) is 5.60 Å². The van der Waals surface area contributed by atoms with Gasteiger partial charge in [-0.25, -0.2) is 4.98 Å². The summed E-state index contributed by atoms with van der Waals surface area (Å²) in [5.41, 5.74) is 4.31. The molecule has 8 nitrogen and oxygen atoms in total. The zero-order valence-electron chi connectivity index (χ0n) is 23.8. The first kappa shape index (κ1) is 26.5. The summed E-state index contributed by atoms with van der Waals surface area (Å²) in [6.07, 6.45) is 6.44. The Morgan fingerprint density at radius 2 is 1.78 bits per heavy atom. The number of aromatic nitrogens is 2. The molecule has 0 unspecified atom stereocenters. The van der Waals surface area contributed by atoms with Gasteiger partial charge in [-0.3, -0.25) is 0 Å². The van der Waals surface area contributed by atoms with Crippen molar-refractivity contribution in [1.82, 2.24) is 14.9 Å². The maximum absolute atomic E-state index is 10.9. The highest BCUT2D eigenvalue weighted by molar-refractivity contribution is 7.17. The van der Waals surface area contributed by atoms with Gasteiger partial charge in [0, 0.05) is 36.6 Å². The molecule has 2 aromatic heterocycles. The zero-order valence-corrected chi connectivity index (χ0v) is 24.6. The summed E-state index contributed by atoms with van der Waals surface area (Å²) < 4.78 is 5.85. The van der Waals surface area contributed by atoms with Gasteiger partial charge in [0.15, 0.2) is 0 Å². The van der Waals surface area contributed by atoms with Crippen LogP contribution in [0.2, 0.25) is 0 Å². The maximum Gasteiger partial charge on any atom is 0.230 e. The zero-order chi connectivity index (χ0) is 28.0. The minimum absolute atomic E-state index is 0.529. The van der Waals surface area contributed by atoms with Crippen molar-refractivity contribution in [3.8, 4) is 5.75 Å². The van der Waals surface area contributed by atoms with E-state index >= 15 is 0 Å². The Kier molecular flexibility index (Phi) is 6.97. The fourth-order valence-electron chi connectivity index (χ4n) is 6.38. The van der Waals surface area contributed by atoms with Gasteiger partial charge in [-0.1, -0.05) is 12.1 Å².